The van der Waals surface area contributed by atoms with Crippen molar-refractivity contribution in [1.82, 2.24) is 9.97 Å². The van der Waals surface area contributed by atoms with Gasteiger partial charge in [-0.15, -0.1) is 11.3 Å². The minimum Gasteiger partial charge on any atom is -0.497 e. The van der Waals surface area contributed by atoms with Crippen molar-refractivity contribution in [3.63, 3.8) is 0 Å². The summed E-state index contributed by atoms with van der Waals surface area (Å²) in [5.41, 5.74) is 2.04. The van der Waals surface area contributed by atoms with Crippen molar-refractivity contribution >= 4 is 44.9 Å². The molecule has 2 aliphatic rings. The molecule has 2 aliphatic carbocycles. The number of amides is 1. The molecule has 0 unspecified atom stereocenters. The Labute approximate surface area is 196 Å². The van der Waals surface area contributed by atoms with Gasteiger partial charge in [0.2, 0.25) is 5.91 Å². The molecule has 1 aromatic carbocycles. The molecule has 1 saturated carbocycles. The van der Waals surface area contributed by atoms with E-state index >= 15 is 0 Å². The minimum atomic E-state index is -0.0871. The number of hydrogen-bond acceptors (Lipinski definition) is 7. The fourth-order valence-electron chi connectivity index (χ4n) is 4.18. The number of aryl methyl sites for hydroxylation is 1. The van der Waals surface area contributed by atoms with Crippen LogP contribution in [0.15, 0.2) is 23.2 Å². The molecule has 0 radical (unpaired) electrons. The highest BCUT2D eigenvalue weighted by Crippen LogP contribution is 2.44. The van der Waals surface area contributed by atoms with E-state index in [1.165, 1.54) is 34.0 Å². The lowest BCUT2D eigenvalue weighted by Crippen LogP contribution is -2.15. The Bertz CT molecular complexity index is 1170. The molecular weight excluding hydrogens is 442 g/mol. The van der Waals surface area contributed by atoms with E-state index in [1.807, 2.05) is 11.3 Å². The lowest BCUT2D eigenvalue weighted by atomic mass is 9.89. The molecule has 1 N–H and O–H groups in total. The second-order valence-electron chi connectivity index (χ2n) is 8.60. The molecule has 3 aromatic rings. The first-order chi connectivity index (χ1) is 15.6. The number of carbonyl (C=O) groups excluding carboxylic acids is 1. The van der Waals surface area contributed by atoms with Crippen LogP contribution in [0.4, 0.5) is 5.69 Å². The van der Waals surface area contributed by atoms with Gasteiger partial charge in [0.25, 0.3) is 0 Å². The summed E-state index contributed by atoms with van der Waals surface area (Å²) in [5.74, 6) is 3.60. The molecule has 168 valence electrons. The lowest BCUT2D eigenvalue weighted by Gasteiger charge is -2.18. The molecule has 32 heavy (non-hydrogen) atoms. The normalized spacial score (nSPS) is 17.8. The molecule has 5 rings (SSSR count). The number of nitrogens with zero attached hydrogens (tertiary/aromatic N) is 2. The fraction of sp³-hybridized carbons (Fsp3) is 0.458. The monoisotopic (exact) mass is 469 g/mol. The van der Waals surface area contributed by atoms with E-state index in [4.69, 9.17) is 19.4 Å². The molecule has 2 aromatic heterocycles. The van der Waals surface area contributed by atoms with Crippen molar-refractivity contribution in [3.05, 3.63) is 34.5 Å². The Kier molecular flexibility index (Phi) is 5.99. The van der Waals surface area contributed by atoms with E-state index in [9.17, 15) is 4.79 Å². The third-order valence-electron chi connectivity index (χ3n) is 6.10. The van der Waals surface area contributed by atoms with Crippen LogP contribution in [-0.2, 0) is 17.6 Å². The maximum absolute atomic E-state index is 12.8. The molecular formula is C24H27N3O3S2. The number of ether oxygens (including phenoxy) is 2. The van der Waals surface area contributed by atoms with Crippen LogP contribution in [0.25, 0.3) is 10.2 Å². The molecule has 1 atom stereocenters. The van der Waals surface area contributed by atoms with Gasteiger partial charge in [-0.2, -0.15) is 0 Å². The van der Waals surface area contributed by atoms with Crippen LogP contribution < -0.4 is 14.8 Å². The number of carbonyl (C=O) groups is 1. The van der Waals surface area contributed by atoms with E-state index in [2.05, 4.69) is 12.2 Å². The van der Waals surface area contributed by atoms with Crippen LogP contribution in [0.2, 0.25) is 0 Å². The lowest BCUT2D eigenvalue weighted by molar-refractivity contribution is -0.113. The van der Waals surface area contributed by atoms with Crippen LogP contribution in [0.1, 0.15) is 48.4 Å². The molecule has 0 spiro atoms. The van der Waals surface area contributed by atoms with Crippen molar-refractivity contribution in [2.75, 3.05) is 25.3 Å². The van der Waals surface area contributed by atoms with Gasteiger partial charge >= 0.3 is 0 Å². The number of aromatic nitrogens is 2. The highest BCUT2D eigenvalue weighted by atomic mass is 32.2. The number of anilines is 1. The van der Waals surface area contributed by atoms with E-state index in [0.717, 1.165) is 41.4 Å². The summed E-state index contributed by atoms with van der Waals surface area (Å²) in [6.45, 7) is 2.32. The number of fused-ring (bicyclic) bond motifs is 3. The first kappa shape index (κ1) is 21.5. The summed E-state index contributed by atoms with van der Waals surface area (Å²) >= 11 is 3.34. The van der Waals surface area contributed by atoms with Gasteiger partial charge in [-0.1, -0.05) is 18.7 Å². The van der Waals surface area contributed by atoms with Crippen molar-refractivity contribution in [2.45, 2.75) is 50.0 Å². The zero-order valence-corrected chi connectivity index (χ0v) is 20.2. The van der Waals surface area contributed by atoms with Crippen LogP contribution in [0.5, 0.6) is 11.5 Å². The largest absolute Gasteiger partial charge is 0.497 e. The summed E-state index contributed by atoms with van der Waals surface area (Å²) in [6.07, 6.45) is 5.72. The van der Waals surface area contributed by atoms with Gasteiger partial charge in [-0.3, -0.25) is 4.79 Å². The maximum atomic E-state index is 12.8. The Morgan fingerprint density at radius 1 is 1.22 bits per heavy atom. The molecule has 0 saturated heterocycles. The van der Waals surface area contributed by atoms with Crippen LogP contribution >= 0.6 is 23.1 Å². The Hall–Kier alpha value is -2.32. The maximum Gasteiger partial charge on any atom is 0.234 e. The Morgan fingerprint density at radius 3 is 2.81 bits per heavy atom. The van der Waals surface area contributed by atoms with Crippen LogP contribution in [0, 0.1) is 5.92 Å². The second kappa shape index (κ2) is 8.90. The average Bonchev–Trinajstić information content (AvgIpc) is 3.58. The van der Waals surface area contributed by atoms with E-state index in [0.29, 0.717) is 29.0 Å². The van der Waals surface area contributed by atoms with Crippen molar-refractivity contribution in [3.8, 4) is 11.5 Å². The summed E-state index contributed by atoms with van der Waals surface area (Å²) in [5, 5.41) is 5.10. The first-order valence-corrected chi connectivity index (χ1v) is 12.8. The zero-order valence-electron chi connectivity index (χ0n) is 18.6. The van der Waals surface area contributed by atoms with Gasteiger partial charge in [0.05, 0.1) is 25.7 Å². The SMILES string of the molecule is COc1ccc(NC(=O)CSc2nc(C3CC3)nc3sc4c(c23)CC[C@H](C)C4)c(OC)c1. The number of thiophene rings is 1. The van der Waals surface area contributed by atoms with Crippen molar-refractivity contribution in [2.24, 2.45) is 5.92 Å². The van der Waals surface area contributed by atoms with Gasteiger partial charge in [-0.05, 0) is 55.7 Å². The van der Waals surface area contributed by atoms with Gasteiger partial charge in [-0.25, -0.2) is 9.97 Å². The second-order valence-corrected chi connectivity index (χ2v) is 10.6. The van der Waals surface area contributed by atoms with Crippen molar-refractivity contribution in [1.29, 1.82) is 0 Å². The quantitative estimate of drug-likeness (QED) is 0.367. The third kappa shape index (κ3) is 4.30. The minimum absolute atomic E-state index is 0.0871. The zero-order chi connectivity index (χ0) is 22.2. The molecule has 8 heteroatoms. The van der Waals surface area contributed by atoms with Gasteiger partial charge in [0, 0.05) is 22.2 Å². The molecule has 1 fully saturated rings. The third-order valence-corrected chi connectivity index (χ3v) is 8.23. The van der Waals surface area contributed by atoms with Crippen LogP contribution in [0.3, 0.4) is 0 Å². The van der Waals surface area contributed by atoms with E-state index in [1.54, 1.807) is 32.4 Å². The standard InChI is InChI=1S/C24H27N3O3S2/c1-13-4-8-16-19(10-13)32-24-21(16)23(26-22(27-24)14-5-6-14)31-12-20(28)25-17-9-7-15(29-2)11-18(17)30-3/h7,9,11,13-14H,4-6,8,10,12H2,1-3H3,(H,25,28)/t13-/m0/s1. The Balaban J connectivity index is 1.38. The number of thioether (sulfide) groups is 1. The predicted octanol–water partition coefficient (Wildman–Crippen LogP) is 5.44. The smallest absolute Gasteiger partial charge is 0.234 e. The van der Waals surface area contributed by atoms with Gasteiger partial charge < -0.3 is 14.8 Å². The molecule has 1 amide bonds. The van der Waals surface area contributed by atoms with Crippen molar-refractivity contribution < 1.29 is 14.3 Å². The topological polar surface area (TPSA) is 73.3 Å². The number of benzene rings is 1. The van der Waals surface area contributed by atoms with Crippen LogP contribution in [-0.4, -0.2) is 35.8 Å². The highest BCUT2D eigenvalue weighted by molar-refractivity contribution is 8.00. The number of methoxy groups -OCH3 is 2. The molecule has 0 aliphatic heterocycles. The van der Waals surface area contributed by atoms with Gasteiger partial charge in [0.1, 0.15) is 27.2 Å². The summed E-state index contributed by atoms with van der Waals surface area (Å²) in [4.78, 5) is 25.2. The fourth-order valence-corrected chi connectivity index (χ4v) is 6.49. The van der Waals surface area contributed by atoms with E-state index in [-0.39, 0.29) is 11.7 Å². The number of hydrogen-bond donors (Lipinski definition) is 1. The number of nitrogens with one attached hydrogen (secondary N) is 1. The molecule has 6 nitrogen and oxygen atoms in total. The first-order valence-electron chi connectivity index (χ1n) is 11.0. The van der Waals surface area contributed by atoms with E-state index < -0.39 is 0 Å². The summed E-state index contributed by atoms with van der Waals surface area (Å²) < 4.78 is 10.6. The molecule has 2 heterocycles. The highest BCUT2D eigenvalue weighted by Gasteiger charge is 2.30. The average molecular weight is 470 g/mol. The Morgan fingerprint density at radius 2 is 2.06 bits per heavy atom. The summed E-state index contributed by atoms with van der Waals surface area (Å²) in [7, 11) is 3.18. The van der Waals surface area contributed by atoms with Gasteiger partial charge in [0.15, 0.2) is 0 Å². The predicted molar refractivity (Wildman–Crippen MR) is 129 cm³/mol. The molecule has 0 bridgehead atoms. The summed E-state index contributed by atoms with van der Waals surface area (Å²) in [6, 6.07) is 5.36. The number of rotatable bonds is 7.